The van der Waals surface area contributed by atoms with Gasteiger partial charge in [-0.1, -0.05) is 12.2 Å². The van der Waals surface area contributed by atoms with Gasteiger partial charge >= 0.3 is 0 Å². The van der Waals surface area contributed by atoms with Gasteiger partial charge in [0.2, 0.25) is 0 Å². The lowest BCUT2D eigenvalue weighted by Gasteiger charge is -2.22. The van der Waals surface area contributed by atoms with Crippen molar-refractivity contribution in [3.05, 3.63) is 12.2 Å². The minimum absolute atomic E-state index is 0.801. The number of allylic oxidation sites excluding steroid dienone is 2. The van der Waals surface area contributed by atoms with E-state index in [0.29, 0.717) is 0 Å². The molecule has 0 saturated heterocycles. The van der Waals surface area contributed by atoms with Gasteiger partial charge in [0.25, 0.3) is 0 Å². The van der Waals surface area contributed by atoms with Gasteiger partial charge in [0.05, 0.1) is 0 Å². The molecule has 0 aromatic heterocycles. The average molecular weight is 163 g/mol. The van der Waals surface area contributed by atoms with Crippen molar-refractivity contribution in [3.63, 3.8) is 0 Å². The third-order valence-electron chi connectivity index (χ3n) is 2.90. The van der Waals surface area contributed by atoms with Crippen LogP contribution in [0.2, 0.25) is 0 Å². The van der Waals surface area contributed by atoms with E-state index in [2.05, 4.69) is 17.1 Å². The van der Waals surface area contributed by atoms with Gasteiger partial charge in [-0.25, -0.2) is 0 Å². The third kappa shape index (κ3) is 1.77. The van der Waals surface area contributed by atoms with Crippen LogP contribution in [-0.2, 0) is 0 Å². The first-order valence-electron chi connectivity index (χ1n) is 5.15. The van der Waals surface area contributed by atoms with E-state index in [1.165, 1.54) is 44.2 Å². The predicted octanol–water partition coefficient (Wildman–Crippen LogP) is 2.97. The lowest BCUT2D eigenvalue weighted by atomic mass is 9.87. The zero-order chi connectivity index (χ0) is 8.23. The summed E-state index contributed by atoms with van der Waals surface area (Å²) in [5.74, 6) is 0.801. The van der Waals surface area contributed by atoms with E-state index in [9.17, 15) is 0 Å². The molecule has 2 rings (SSSR count). The highest BCUT2D eigenvalue weighted by Gasteiger charge is 2.17. The van der Waals surface area contributed by atoms with Crippen LogP contribution < -0.4 is 0 Å². The maximum absolute atomic E-state index is 4.64. The molecule has 0 radical (unpaired) electrons. The highest BCUT2D eigenvalue weighted by atomic mass is 14.8. The summed E-state index contributed by atoms with van der Waals surface area (Å²) in [6, 6.07) is 0. The zero-order valence-corrected chi connectivity index (χ0v) is 7.63. The van der Waals surface area contributed by atoms with Crippen molar-refractivity contribution in [1.82, 2.24) is 0 Å². The number of aliphatic imine (C=N–C) groups is 1. The van der Waals surface area contributed by atoms with Gasteiger partial charge in [-0.15, -0.1) is 0 Å². The van der Waals surface area contributed by atoms with Crippen molar-refractivity contribution >= 4 is 5.71 Å². The smallest absolute Gasteiger partial charge is 0.0388 e. The van der Waals surface area contributed by atoms with Gasteiger partial charge in [-0.2, -0.15) is 0 Å². The first-order valence-corrected chi connectivity index (χ1v) is 5.15. The minimum Gasteiger partial charge on any atom is -0.294 e. The van der Waals surface area contributed by atoms with E-state index in [1.54, 1.807) is 0 Å². The molecule has 0 aromatic rings. The number of rotatable bonds is 1. The molecule has 0 bridgehead atoms. The van der Waals surface area contributed by atoms with Crippen LogP contribution in [0.1, 0.15) is 38.5 Å². The van der Waals surface area contributed by atoms with E-state index in [4.69, 9.17) is 0 Å². The van der Waals surface area contributed by atoms with Crippen molar-refractivity contribution in [3.8, 4) is 0 Å². The minimum atomic E-state index is 0.801. The summed E-state index contributed by atoms with van der Waals surface area (Å²) >= 11 is 0. The molecule has 12 heavy (non-hydrogen) atoms. The van der Waals surface area contributed by atoms with Gasteiger partial charge < -0.3 is 0 Å². The summed E-state index contributed by atoms with van der Waals surface area (Å²) in [7, 11) is 0. The van der Waals surface area contributed by atoms with E-state index in [-0.39, 0.29) is 0 Å². The normalized spacial score (nSPS) is 30.0. The largest absolute Gasteiger partial charge is 0.294 e. The van der Waals surface area contributed by atoms with E-state index in [0.717, 1.165) is 12.5 Å². The molecular formula is C11H17N. The standard InChI is InChI=1S/C11H17N/c1-2-6-10(7-3-1)11-8-4-5-9-12-11/h1-2,10H,3-9H2. The quantitative estimate of drug-likeness (QED) is 0.527. The second-order valence-electron chi connectivity index (χ2n) is 3.81. The molecule has 0 spiro atoms. The molecule has 1 aliphatic carbocycles. The summed E-state index contributed by atoms with van der Waals surface area (Å²) in [6.07, 6.45) is 12.5. The summed E-state index contributed by atoms with van der Waals surface area (Å²) < 4.78 is 0. The molecule has 1 unspecified atom stereocenters. The van der Waals surface area contributed by atoms with Gasteiger partial charge in [0, 0.05) is 18.2 Å². The predicted molar refractivity (Wildman–Crippen MR) is 52.6 cm³/mol. The van der Waals surface area contributed by atoms with Crippen LogP contribution in [0.25, 0.3) is 0 Å². The highest BCUT2D eigenvalue weighted by Crippen LogP contribution is 2.24. The van der Waals surface area contributed by atoms with E-state index in [1.807, 2.05) is 0 Å². The maximum Gasteiger partial charge on any atom is 0.0388 e. The van der Waals surface area contributed by atoms with Crippen molar-refractivity contribution in [2.24, 2.45) is 10.9 Å². The average Bonchev–Trinajstić information content (AvgIpc) is 2.21. The molecule has 0 amide bonds. The molecule has 1 aliphatic heterocycles. The molecule has 1 heterocycles. The second kappa shape index (κ2) is 3.88. The zero-order valence-electron chi connectivity index (χ0n) is 7.63. The molecule has 0 N–H and O–H groups in total. The van der Waals surface area contributed by atoms with Crippen molar-refractivity contribution in [2.45, 2.75) is 38.5 Å². The third-order valence-corrected chi connectivity index (χ3v) is 2.90. The van der Waals surface area contributed by atoms with Crippen LogP contribution in [0.4, 0.5) is 0 Å². The van der Waals surface area contributed by atoms with Crippen LogP contribution in [0.15, 0.2) is 17.1 Å². The first kappa shape index (κ1) is 8.03. The Hall–Kier alpha value is -0.590. The fourth-order valence-electron chi connectivity index (χ4n) is 2.15. The fourth-order valence-corrected chi connectivity index (χ4v) is 2.15. The van der Waals surface area contributed by atoms with Crippen molar-refractivity contribution in [1.29, 1.82) is 0 Å². The molecule has 2 aliphatic rings. The van der Waals surface area contributed by atoms with Crippen LogP contribution in [0, 0.1) is 5.92 Å². The topological polar surface area (TPSA) is 12.4 Å². The van der Waals surface area contributed by atoms with Crippen LogP contribution in [0.3, 0.4) is 0 Å². The number of hydrogen-bond donors (Lipinski definition) is 0. The molecule has 1 nitrogen and oxygen atoms in total. The lowest BCUT2D eigenvalue weighted by Crippen LogP contribution is -2.18. The Morgan fingerprint density at radius 2 is 2.25 bits per heavy atom. The highest BCUT2D eigenvalue weighted by molar-refractivity contribution is 5.87. The summed E-state index contributed by atoms with van der Waals surface area (Å²) in [5.41, 5.74) is 1.52. The molecule has 1 atom stereocenters. The van der Waals surface area contributed by atoms with E-state index >= 15 is 0 Å². The lowest BCUT2D eigenvalue weighted by molar-refractivity contribution is 0.583. The second-order valence-corrected chi connectivity index (χ2v) is 3.81. The van der Waals surface area contributed by atoms with Gasteiger partial charge in [-0.3, -0.25) is 4.99 Å². The summed E-state index contributed by atoms with van der Waals surface area (Å²) in [5, 5.41) is 0. The molecule has 66 valence electrons. The Labute approximate surface area is 74.6 Å². The monoisotopic (exact) mass is 163 g/mol. The van der Waals surface area contributed by atoms with Crippen molar-refractivity contribution < 1.29 is 0 Å². The maximum atomic E-state index is 4.64. The molecule has 0 fully saturated rings. The Bertz CT molecular complexity index is 203. The van der Waals surface area contributed by atoms with Gasteiger partial charge in [-0.05, 0) is 38.5 Å². The van der Waals surface area contributed by atoms with E-state index < -0.39 is 0 Å². The molecule has 1 heteroatoms. The number of hydrogen-bond acceptors (Lipinski definition) is 1. The Kier molecular flexibility index (Phi) is 2.60. The molecular weight excluding hydrogens is 146 g/mol. The first-order chi connectivity index (χ1) is 5.97. The summed E-state index contributed by atoms with van der Waals surface area (Å²) in [6.45, 7) is 1.09. The van der Waals surface area contributed by atoms with Crippen LogP contribution in [-0.4, -0.2) is 12.3 Å². The van der Waals surface area contributed by atoms with Gasteiger partial charge in [0.1, 0.15) is 0 Å². The molecule has 0 saturated carbocycles. The Morgan fingerprint density at radius 3 is 2.92 bits per heavy atom. The van der Waals surface area contributed by atoms with Gasteiger partial charge in [0.15, 0.2) is 0 Å². The van der Waals surface area contributed by atoms with Crippen LogP contribution in [0.5, 0.6) is 0 Å². The summed E-state index contributed by atoms with van der Waals surface area (Å²) in [4.78, 5) is 4.64. The van der Waals surface area contributed by atoms with Crippen LogP contribution >= 0.6 is 0 Å². The molecule has 0 aromatic carbocycles. The van der Waals surface area contributed by atoms with Crippen molar-refractivity contribution in [2.75, 3.05) is 6.54 Å². The SMILES string of the molecule is C1=CCC(C2=NCCCC2)CC1. The Balaban J connectivity index is 1.98. The number of nitrogens with zero attached hydrogens (tertiary/aromatic N) is 1. The Morgan fingerprint density at radius 1 is 1.25 bits per heavy atom. The fraction of sp³-hybridized carbons (Fsp3) is 0.727.